The molecule has 0 aliphatic carbocycles. The Kier molecular flexibility index (Phi) is 5.81. The summed E-state index contributed by atoms with van der Waals surface area (Å²) in [4.78, 5) is 12.9. The van der Waals surface area contributed by atoms with Crippen molar-refractivity contribution >= 4 is 11.6 Å². The van der Waals surface area contributed by atoms with Gasteiger partial charge in [-0.3, -0.25) is 4.79 Å². The molecule has 0 fully saturated rings. The Morgan fingerprint density at radius 1 is 0.882 bits per heavy atom. The van der Waals surface area contributed by atoms with E-state index in [4.69, 9.17) is 9.47 Å². The first-order valence-electron chi connectivity index (χ1n) is 11.5. The third-order valence-corrected chi connectivity index (χ3v) is 5.93. The van der Waals surface area contributed by atoms with Crippen LogP contribution >= 0.6 is 0 Å². The molecule has 4 nitrogen and oxygen atoms in total. The Morgan fingerprint density at radius 3 is 2.41 bits per heavy atom. The molecule has 0 bridgehead atoms. The number of carbonyl (C=O) groups is 1. The highest BCUT2D eigenvalue weighted by Crippen LogP contribution is 2.42. The van der Waals surface area contributed by atoms with Crippen LogP contribution in [0.3, 0.4) is 0 Å². The SMILES string of the molecule is CC1(C)Cc2cccc(OCc3ccc(C(=O)Nc4ccccc4-c4ccccc4)cc3)c2O1. The maximum atomic E-state index is 12.9. The molecule has 1 heterocycles. The van der Waals surface area contributed by atoms with Crippen LogP contribution in [0.2, 0.25) is 0 Å². The number of hydrogen-bond acceptors (Lipinski definition) is 3. The van der Waals surface area contributed by atoms with Gasteiger partial charge in [0.05, 0.1) is 0 Å². The molecule has 0 saturated carbocycles. The van der Waals surface area contributed by atoms with Crippen molar-refractivity contribution in [2.75, 3.05) is 5.32 Å². The highest BCUT2D eigenvalue weighted by molar-refractivity contribution is 6.06. The van der Waals surface area contributed by atoms with Crippen LogP contribution < -0.4 is 14.8 Å². The summed E-state index contributed by atoms with van der Waals surface area (Å²) in [5.74, 6) is 1.44. The highest BCUT2D eigenvalue weighted by atomic mass is 16.5. The maximum Gasteiger partial charge on any atom is 0.255 e. The zero-order valence-electron chi connectivity index (χ0n) is 19.4. The first-order valence-corrected chi connectivity index (χ1v) is 11.5. The topological polar surface area (TPSA) is 47.6 Å². The van der Waals surface area contributed by atoms with E-state index in [1.807, 2.05) is 91.0 Å². The minimum absolute atomic E-state index is 0.146. The molecule has 0 aromatic heterocycles. The van der Waals surface area contributed by atoms with Crippen LogP contribution in [0.25, 0.3) is 11.1 Å². The van der Waals surface area contributed by atoms with Crippen molar-refractivity contribution in [2.24, 2.45) is 0 Å². The van der Waals surface area contributed by atoms with Gasteiger partial charge in [-0.05, 0) is 49.2 Å². The van der Waals surface area contributed by atoms with Crippen LogP contribution in [0.1, 0.15) is 35.3 Å². The summed E-state index contributed by atoms with van der Waals surface area (Å²) in [6.07, 6.45) is 0.872. The van der Waals surface area contributed by atoms with Gasteiger partial charge in [-0.2, -0.15) is 0 Å². The van der Waals surface area contributed by atoms with Gasteiger partial charge in [0.2, 0.25) is 0 Å². The molecule has 0 unspecified atom stereocenters. The largest absolute Gasteiger partial charge is 0.485 e. The Labute approximate surface area is 200 Å². The molecular formula is C30H27NO3. The molecule has 4 aromatic carbocycles. The predicted octanol–water partition coefficient (Wildman–Crippen LogP) is 6.90. The molecular weight excluding hydrogens is 422 g/mol. The van der Waals surface area contributed by atoms with E-state index in [1.165, 1.54) is 5.56 Å². The van der Waals surface area contributed by atoms with E-state index >= 15 is 0 Å². The van der Waals surface area contributed by atoms with Gasteiger partial charge in [-0.15, -0.1) is 0 Å². The molecule has 1 aliphatic heterocycles. The van der Waals surface area contributed by atoms with Crippen LogP contribution in [-0.2, 0) is 13.0 Å². The standard InChI is InChI=1S/C30H27NO3/c1-30(2)19-24-11-8-14-27(28(24)34-30)33-20-21-15-17-23(18-16-21)29(32)31-26-13-7-6-12-25(26)22-9-4-3-5-10-22/h3-18H,19-20H2,1-2H3,(H,31,32). The summed E-state index contributed by atoms with van der Waals surface area (Å²) in [6.45, 7) is 4.57. The predicted molar refractivity (Wildman–Crippen MR) is 135 cm³/mol. The molecule has 5 rings (SSSR count). The van der Waals surface area contributed by atoms with Crippen LogP contribution in [0.5, 0.6) is 11.5 Å². The third-order valence-electron chi connectivity index (χ3n) is 5.93. The molecule has 170 valence electrons. The number of rotatable bonds is 6. The first-order chi connectivity index (χ1) is 16.5. The lowest BCUT2D eigenvalue weighted by Crippen LogP contribution is -2.24. The summed E-state index contributed by atoms with van der Waals surface area (Å²) in [6, 6.07) is 31.4. The minimum Gasteiger partial charge on any atom is -0.485 e. The maximum absolute atomic E-state index is 12.9. The second kappa shape index (κ2) is 9.06. The third kappa shape index (κ3) is 4.67. The van der Waals surface area contributed by atoms with Crippen molar-refractivity contribution < 1.29 is 14.3 Å². The number of ether oxygens (including phenoxy) is 2. The Hall–Kier alpha value is -4.05. The summed E-state index contributed by atoms with van der Waals surface area (Å²) >= 11 is 0. The average molecular weight is 450 g/mol. The van der Waals surface area contributed by atoms with Gasteiger partial charge in [0.1, 0.15) is 12.2 Å². The van der Waals surface area contributed by atoms with E-state index < -0.39 is 0 Å². The summed E-state index contributed by atoms with van der Waals surface area (Å²) in [5, 5.41) is 3.05. The zero-order valence-corrected chi connectivity index (χ0v) is 19.4. The molecule has 0 atom stereocenters. The zero-order chi connectivity index (χ0) is 23.5. The van der Waals surface area contributed by atoms with E-state index in [2.05, 4.69) is 25.2 Å². The molecule has 1 aliphatic rings. The minimum atomic E-state index is -0.212. The molecule has 1 amide bonds. The highest BCUT2D eigenvalue weighted by Gasteiger charge is 2.32. The van der Waals surface area contributed by atoms with E-state index in [0.717, 1.165) is 40.3 Å². The number of benzene rings is 4. The summed E-state index contributed by atoms with van der Waals surface area (Å²) in [7, 11) is 0. The number of anilines is 1. The van der Waals surface area contributed by atoms with Crippen molar-refractivity contribution in [1.82, 2.24) is 0 Å². The number of amides is 1. The van der Waals surface area contributed by atoms with E-state index in [0.29, 0.717) is 12.2 Å². The second-order valence-electron chi connectivity index (χ2n) is 9.13. The molecule has 4 aromatic rings. The molecule has 34 heavy (non-hydrogen) atoms. The lowest BCUT2D eigenvalue weighted by Gasteiger charge is -2.18. The summed E-state index contributed by atoms with van der Waals surface area (Å²) < 4.78 is 12.1. The van der Waals surface area contributed by atoms with Crippen molar-refractivity contribution in [3.63, 3.8) is 0 Å². The number of para-hydroxylation sites is 2. The lowest BCUT2D eigenvalue weighted by molar-refractivity contribution is 0.102. The number of hydrogen-bond donors (Lipinski definition) is 1. The van der Waals surface area contributed by atoms with Crippen LogP contribution in [0, 0.1) is 0 Å². The van der Waals surface area contributed by atoms with E-state index in [-0.39, 0.29) is 11.5 Å². The first kappa shape index (κ1) is 21.8. The van der Waals surface area contributed by atoms with Gasteiger partial charge in [-0.25, -0.2) is 0 Å². The fourth-order valence-electron chi connectivity index (χ4n) is 4.27. The second-order valence-corrected chi connectivity index (χ2v) is 9.13. The fourth-order valence-corrected chi connectivity index (χ4v) is 4.27. The van der Waals surface area contributed by atoms with Crippen LogP contribution in [-0.4, -0.2) is 11.5 Å². The van der Waals surface area contributed by atoms with Gasteiger partial charge >= 0.3 is 0 Å². The number of fused-ring (bicyclic) bond motifs is 1. The van der Waals surface area contributed by atoms with Gasteiger partial charge < -0.3 is 14.8 Å². The molecule has 1 N–H and O–H groups in total. The van der Waals surface area contributed by atoms with Gasteiger partial charge in [0.15, 0.2) is 11.5 Å². The van der Waals surface area contributed by atoms with Gasteiger partial charge in [-0.1, -0.05) is 72.8 Å². The van der Waals surface area contributed by atoms with Crippen LogP contribution in [0.4, 0.5) is 5.69 Å². The summed E-state index contributed by atoms with van der Waals surface area (Å²) in [5.41, 5.74) is 5.37. The molecule has 0 saturated heterocycles. The molecule has 0 spiro atoms. The average Bonchev–Trinajstić information content (AvgIpc) is 3.18. The number of carbonyl (C=O) groups excluding carboxylic acids is 1. The monoisotopic (exact) mass is 449 g/mol. The van der Waals surface area contributed by atoms with Crippen molar-refractivity contribution in [3.8, 4) is 22.6 Å². The van der Waals surface area contributed by atoms with E-state index in [1.54, 1.807) is 0 Å². The molecule has 4 heteroatoms. The Morgan fingerprint density at radius 2 is 1.62 bits per heavy atom. The smallest absolute Gasteiger partial charge is 0.255 e. The quantitative estimate of drug-likeness (QED) is 0.348. The number of nitrogens with one attached hydrogen (secondary N) is 1. The Balaban J connectivity index is 1.26. The Bertz CT molecular complexity index is 1310. The van der Waals surface area contributed by atoms with E-state index in [9.17, 15) is 4.79 Å². The fraction of sp³-hybridized carbons (Fsp3) is 0.167. The van der Waals surface area contributed by atoms with Crippen LogP contribution in [0.15, 0.2) is 97.1 Å². The molecule has 0 radical (unpaired) electrons. The van der Waals surface area contributed by atoms with Gasteiger partial charge in [0, 0.05) is 28.8 Å². The van der Waals surface area contributed by atoms with Crippen molar-refractivity contribution in [1.29, 1.82) is 0 Å². The normalized spacial score (nSPS) is 13.6. The van der Waals surface area contributed by atoms with Crippen molar-refractivity contribution in [3.05, 3.63) is 114 Å². The lowest BCUT2D eigenvalue weighted by atomic mass is 10.0. The van der Waals surface area contributed by atoms with Crippen molar-refractivity contribution in [2.45, 2.75) is 32.5 Å². The van der Waals surface area contributed by atoms with Gasteiger partial charge in [0.25, 0.3) is 5.91 Å².